The number of carbonyl (C=O) groups excluding carboxylic acids is 2. The number of rotatable bonds is 6. The lowest BCUT2D eigenvalue weighted by molar-refractivity contribution is -0.128. The quantitative estimate of drug-likeness (QED) is 0.452. The molecule has 5 nitrogen and oxygen atoms in total. The zero-order valence-electron chi connectivity index (χ0n) is 15.9. The average Bonchev–Trinajstić information content (AvgIpc) is 3.26. The molecule has 152 valence electrons. The van der Waals surface area contributed by atoms with Gasteiger partial charge in [-0.15, -0.1) is 0 Å². The number of H-pyrrole nitrogens is 1. The second-order valence-corrected chi connectivity index (χ2v) is 8.45. The first kappa shape index (κ1) is 20.3. The fraction of sp³-hybridized carbons (Fsp3) is 0.136. The zero-order valence-corrected chi connectivity index (χ0v) is 17.5. The molecule has 8 heteroatoms. The molecule has 1 fully saturated rings. The van der Waals surface area contributed by atoms with Crippen molar-refractivity contribution in [3.63, 3.8) is 0 Å². The van der Waals surface area contributed by atoms with Gasteiger partial charge in [0.15, 0.2) is 0 Å². The SMILES string of the molecule is O=C(CN1C(=O)/C(=C\c2ccc(F)cc2)SC1=S)NCCc1c[nH]c2ccccc12. The van der Waals surface area contributed by atoms with E-state index in [0.717, 1.165) is 28.2 Å². The van der Waals surface area contributed by atoms with Gasteiger partial charge in [0, 0.05) is 23.6 Å². The number of aromatic amines is 1. The predicted octanol–water partition coefficient (Wildman–Crippen LogP) is 3.87. The molecule has 1 aliphatic rings. The van der Waals surface area contributed by atoms with E-state index in [1.165, 1.54) is 17.0 Å². The van der Waals surface area contributed by atoms with Gasteiger partial charge in [0.05, 0.1) is 4.91 Å². The second-order valence-electron chi connectivity index (χ2n) is 6.78. The molecule has 2 heterocycles. The number of thioether (sulfide) groups is 1. The summed E-state index contributed by atoms with van der Waals surface area (Å²) in [5.41, 5.74) is 2.88. The normalized spacial score (nSPS) is 15.4. The van der Waals surface area contributed by atoms with E-state index in [4.69, 9.17) is 12.2 Å². The van der Waals surface area contributed by atoms with Crippen molar-refractivity contribution in [2.45, 2.75) is 6.42 Å². The molecule has 0 radical (unpaired) electrons. The molecular formula is C22H18FN3O2S2. The maximum Gasteiger partial charge on any atom is 0.266 e. The van der Waals surface area contributed by atoms with Crippen LogP contribution >= 0.6 is 24.0 Å². The van der Waals surface area contributed by atoms with Gasteiger partial charge < -0.3 is 10.3 Å². The highest BCUT2D eigenvalue weighted by Gasteiger charge is 2.33. The predicted molar refractivity (Wildman–Crippen MR) is 121 cm³/mol. The maximum absolute atomic E-state index is 13.0. The lowest BCUT2D eigenvalue weighted by Gasteiger charge is -2.14. The molecule has 2 N–H and O–H groups in total. The van der Waals surface area contributed by atoms with E-state index in [9.17, 15) is 14.0 Å². The number of nitrogens with one attached hydrogen (secondary N) is 2. The van der Waals surface area contributed by atoms with Crippen molar-refractivity contribution < 1.29 is 14.0 Å². The first-order chi connectivity index (χ1) is 14.5. The van der Waals surface area contributed by atoms with Crippen LogP contribution in [0.1, 0.15) is 11.1 Å². The number of hydrogen-bond donors (Lipinski definition) is 2. The van der Waals surface area contributed by atoms with Crippen LogP contribution in [0.15, 0.2) is 59.6 Å². The highest BCUT2D eigenvalue weighted by molar-refractivity contribution is 8.26. The summed E-state index contributed by atoms with van der Waals surface area (Å²) >= 11 is 6.40. The van der Waals surface area contributed by atoms with Crippen LogP contribution in [-0.4, -0.2) is 39.1 Å². The number of halogens is 1. The summed E-state index contributed by atoms with van der Waals surface area (Å²) in [5.74, 6) is -0.931. The summed E-state index contributed by atoms with van der Waals surface area (Å²) in [7, 11) is 0. The van der Waals surface area contributed by atoms with Gasteiger partial charge >= 0.3 is 0 Å². The second kappa shape index (κ2) is 8.81. The van der Waals surface area contributed by atoms with E-state index in [-0.39, 0.29) is 24.2 Å². The fourth-order valence-corrected chi connectivity index (χ4v) is 4.48. The minimum absolute atomic E-state index is 0.126. The van der Waals surface area contributed by atoms with Crippen LogP contribution in [0.4, 0.5) is 4.39 Å². The maximum atomic E-state index is 13.0. The van der Waals surface area contributed by atoms with Crippen LogP contribution < -0.4 is 5.32 Å². The molecule has 0 bridgehead atoms. The minimum Gasteiger partial charge on any atom is -0.361 e. The standard InChI is InChI=1S/C22H18FN3O2S2/c23-16-7-5-14(6-8-16)11-19-21(28)26(22(29)30-19)13-20(27)24-10-9-15-12-25-18-4-2-1-3-17(15)18/h1-8,11-12,25H,9-10,13H2,(H,24,27)/b19-11+. The molecule has 1 saturated heterocycles. The third kappa shape index (κ3) is 4.44. The van der Waals surface area contributed by atoms with Gasteiger partial charge in [-0.05, 0) is 41.8 Å². The Morgan fingerprint density at radius 3 is 2.77 bits per heavy atom. The molecule has 4 rings (SSSR count). The highest BCUT2D eigenvalue weighted by Crippen LogP contribution is 2.32. The van der Waals surface area contributed by atoms with Gasteiger partial charge in [0.25, 0.3) is 5.91 Å². The number of amides is 2. The summed E-state index contributed by atoms with van der Waals surface area (Å²) in [5, 5.41) is 3.98. The largest absolute Gasteiger partial charge is 0.361 e. The Bertz CT molecular complexity index is 1150. The van der Waals surface area contributed by atoms with Crippen molar-refractivity contribution in [2.24, 2.45) is 0 Å². The molecule has 0 unspecified atom stereocenters. The molecule has 0 atom stereocenters. The van der Waals surface area contributed by atoms with Crippen LogP contribution in [0, 0.1) is 5.82 Å². The average molecular weight is 440 g/mol. The number of benzene rings is 2. The molecule has 30 heavy (non-hydrogen) atoms. The van der Waals surface area contributed by atoms with Gasteiger partial charge in [0.2, 0.25) is 5.91 Å². The molecule has 0 aliphatic carbocycles. The lowest BCUT2D eigenvalue weighted by Crippen LogP contribution is -2.40. The van der Waals surface area contributed by atoms with Crippen molar-refractivity contribution in [3.8, 4) is 0 Å². The van der Waals surface area contributed by atoms with E-state index < -0.39 is 0 Å². The zero-order chi connectivity index (χ0) is 21.1. The van der Waals surface area contributed by atoms with Crippen LogP contribution in [0.2, 0.25) is 0 Å². The van der Waals surface area contributed by atoms with Crippen LogP contribution in [-0.2, 0) is 16.0 Å². The van der Waals surface area contributed by atoms with Crippen LogP contribution in [0.3, 0.4) is 0 Å². The van der Waals surface area contributed by atoms with Gasteiger partial charge in [-0.2, -0.15) is 0 Å². The van der Waals surface area contributed by atoms with E-state index in [1.54, 1.807) is 18.2 Å². The Hall–Kier alpha value is -2.97. The number of aromatic nitrogens is 1. The van der Waals surface area contributed by atoms with Crippen molar-refractivity contribution >= 4 is 57.1 Å². The molecule has 1 aliphatic heterocycles. The Balaban J connectivity index is 1.33. The molecule has 0 spiro atoms. The third-order valence-corrected chi connectivity index (χ3v) is 6.11. The molecule has 3 aromatic rings. The van der Waals surface area contributed by atoms with Gasteiger partial charge in [-0.1, -0.05) is 54.3 Å². The lowest BCUT2D eigenvalue weighted by atomic mass is 10.1. The Labute approximate surface area is 182 Å². The van der Waals surface area contributed by atoms with E-state index in [1.807, 2.05) is 30.5 Å². The third-order valence-electron chi connectivity index (χ3n) is 4.73. The fourth-order valence-electron chi connectivity index (χ4n) is 3.22. The topological polar surface area (TPSA) is 65.2 Å². The number of thiocarbonyl (C=S) groups is 1. The van der Waals surface area contributed by atoms with Crippen LogP contribution in [0.5, 0.6) is 0 Å². The van der Waals surface area contributed by atoms with Crippen molar-refractivity contribution in [1.29, 1.82) is 0 Å². The smallest absolute Gasteiger partial charge is 0.266 e. The van der Waals surface area contributed by atoms with E-state index >= 15 is 0 Å². The molecule has 2 aromatic carbocycles. The molecular weight excluding hydrogens is 421 g/mol. The van der Waals surface area contributed by atoms with Gasteiger partial charge in [0.1, 0.15) is 16.7 Å². The Morgan fingerprint density at radius 1 is 1.20 bits per heavy atom. The van der Waals surface area contributed by atoms with Gasteiger partial charge in [-0.3, -0.25) is 14.5 Å². The number of carbonyl (C=O) groups is 2. The summed E-state index contributed by atoms with van der Waals surface area (Å²) in [6, 6.07) is 13.8. The van der Waals surface area contributed by atoms with Crippen molar-refractivity contribution in [1.82, 2.24) is 15.2 Å². The minimum atomic E-state index is -0.344. The Kier molecular flexibility index (Phi) is 5.96. The van der Waals surface area contributed by atoms with Crippen LogP contribution in [0.25, 0.3) is 17.0 Å². The number of hydrogen-bond acceptors (Lipinski definition) is 4. The van der Waals surface area contributed by atoms with Crippen molar-refractivity contribution in [3.05, 3.63) is 76.6 Å². The molecule has 2 amide bonds. The highest BCUT2D eigenvalue weighted by atomic mass is 32.2. The summed E-state index contributed by atoms with van der Waals surface area (Å²) < 4.78 is 13.4. The molecule has 1 aromatic heterocycles. The summed E-state index contributed by atoms with van der Waals surface area (Å²) in [6.07, 6.45) is 4.27. The first-order valence-electron chi connectivity index (χ1n) is 9.34. The van der Waals surface area contributed by atoms with Crippen molar-refractivity contribution in [2.75, 3.05) is 13.1 Å². The number of fused-ring (bicyclic) bond motifs is 1. The van der Waals surface area contributed by atoms with Gasteiger partial charge in [-0.25, -0.2) is 4.39 Å². The van der Waals surface area contributed by atoms with E-state index in [0.29, 0.717) is 27.8 Å². The summed E-state index contributed by atoms with van der Waals surface area (Å²) in [4.78, 5) is 29.9. The summed E-state index contributed by atoms with van der Waals surface area (Å²) in [6.45, 7) is 0.334. The monoisotopic (exact) mass is 439 g/mol. The first-order valence-corrected chi connectivity index (χ1v) is 10.6. The number of para-hydroxylation sites is 1. The van der Waals surface area contributed by atoms with E-state index in [2.05, 4.69) is 10.3 Å². The number of nitrogens with zero attached hydrogens (tertiary/aromatic N) is 1. The molecule has 0 saturated carbocycles. The Morgan fingerprint density at radius 2 is 1.97 bits per heavy atom.